The smallest absolute Gasteiger partial charge is 0.406 e. The van der Waals surface area contributed by atoms with Crippen molar-refractivity contribution in [3.8, 4) is 5.75 Å². The van der Waals surface area contributed by atoms with Gasteiger partial charge in [0, 0.05) is 25.5 Å². The minimum atomic E-state index is -4.65. The van der Waals surface area contributed by atoms with Gasteiger partial charge in [-0.1, -0.05) is 12.1 Å². The second kappa shape index (κ2) is 5.36. The van der Waals surface area contributed by atoms with Crippen LogP contribution in [0.15, 0.2) is 42.7 Å². The molecule has 0 aliphatic rings. The summed E-state index contributed by atoms with van der Waals surface area (Å²) in [6, 6.07) is 7.71. The monoisotopic (exact) mass is 270 g/mol. The number of aromatic nitrogens is 1. The molecule has 0 atom stereocenters. The summed E-state index contributed by atoms with van der Waals surface area (Å²) in [7, 11) is 0. The maximum absolute atomic E-state index is 12.0. The van der Waals surface area contributed by atoms with Gasteiger partial charge in [-0.2, -0.15) is 0 Å². The van der Waals surface area contributed by atoms with Crippen molar-refractivity contribution in [3.05, 3.63) is 53.9 Å². The molecule has 0 saturated carbocycles. The third-order valence-electron chi connectivity index (χ3n) is 2.57. The maximum Gasteiger partial charge on any atom is 0.573 e. The summed E-state index contributed by atoms with van der Waals surface area (Å²) in [5.41, 5.74) is 7.39. The van der Waals surface area contributed by atoms with E-state index >= 15 is 0 Å². The Morgan fingerprint density at radius 1 is 1.05 bits per heavy atom. The number of ether oxygens (including phenoxy) is 1. The van der Waals surface area contributed by atoms with E-state index in [1.807, 2.05) is 23.0 Å². The molecular formula is C13H13F3N2O. The average molecular weight is 270 g/mol. The number of rotatable bonds is 4. The van der Waals surface area contributed by atoms with Crippen molar-refractivity contribution in [3.63, 3.8) is 0 Å². The Morgan fingerprint density at radius 3 is 2.26 bits per heavy atom. The lowest BCUT2D eigenvalue weighted by atomic mass is 10.2. The Morgan fingerprint density at radius 2 is 1.74 bits per heavy atom. The van der Waals surface area contributed by atoms with Crippen molar-refractivity contribution in [2.75, 3.05) is 0 Å². The summed E-state index contributed by atoms with van der Waals surface area (Å²) in [6.45, 7) is 1.04. The third-order valence-corrected chi connectivity index (χ3v) is 2.57. The highest BCUT2D eigenvalue weighted by Gasteiger charge is 2.30. The number of nitrogens with two attached hydrogens (primary N) is 1. The van der Waals surface area contributed by atoms with Gasteiger partial charge in [-0.25, -0.2) is 0 Å². The molecule has 0 fully saturated rings. The van der Waals surface area contributed by atoms with Crippen molar-refractivity contribution < 1.29 is 17.9 Å². The number of hydrogen-bond donors (Lipinski definition) is 1. The van der Waals surface area contributed by atoms with Crippen molar-refractivity contribution in [2.24, 2.45) is 5.73 Å². The summed E-state index contributed by atoms with van der Waals surface area (Å²) < 4.78 is 41.7. The topological polar surface area (TPSA) is 40.2 Å². The molecule has 19 heavy (non-hydrogen) atoms. The zero-order chi connectivity index (χ0) is 13.9. The first-order chi connectivity index (χ1) is 8.96. The van der Waals surface area contributed by atoms with Crippen LogP contribution in [0.1, 0.15) is 11.1 Å². The number of benzene rings is 1. The molecule has 6 heteroatoms. The van der Waals surface area contributed by atoms with Gasteiger partial charge in [0.15, 0.2) is 0 Å². The number of nitrogens with zero attached hydrogens (tertiary/aromatic N) is 1. The van der Waals surface area contributed by atoms with Gasteiger partial charge in [-0.15, -0.1) is 13.2 Å². The van der Waals surface area contributed by atoms with E-state index in [1.54, 1.807) is 12.1 Å². The first kappa shape index (κ1) is 13.5. The Balaban J connectivity index is 2.02. The Labute approximate surface area is 108 Å². The molecule has 0 bridgehead atoms. The van der Waals surface area contributed by atoms with Crippen molar-refractivity contribution in [2.45, 2.75) is 19.5 Å². The number of halogens is 3. The summed E-state index contributed by atoms with van der Waals surface area (Å²) in [4.78, 5) is 0. The van der Waals surface area contributed by atoms with Crippen molar-refractivity contribution >= 4 is 0 Å². The second-order valence-corrected chi connectivity index (χ2v) is 4.09. The standard InChI is InChI=1S/C13H13F3N2O/c14-13(15,16)19-12-3-1-10(2-4-12)8-18-6-5-11(7-17)9-18/h1-6,9H,7-8,17H2. The van der Waals surface area contributed by atoms with Gasteiger partial charge in [0.1, 0.15) is 5.75 Å². The lowest BCUT2D eigenvalue weighted by molar-refractivity contribution is -0.274. The third kappa shape index (κ3) is 4.03. The van der Waals surface area contributed by atoms with E-state index in [9.17, 15) is 13.2 Å². The van der Waals surface area contributed by atoms with Gasteiger partial charge in [0.05, 0.1) is 0 Å². The van der Waals surface area contributed by atoms with Gasteiger partial charge in [0.25, 0.3) is 0 Å². The van der Waals surface area contributed by atoms with Crippen molar-refractivity contribution in [1.82, 2.24) is 4.57 Å². The lowest BCUT2D eigenvalue weighted by Crippen LogP contribution is -2.17. The van der Waals surface area contributed by atoms with Crippen LogP contribution in [0.3, 0.4) is 0 Å². The molecular weight excluding hydrogens is 257 g/mol. The lowest BCUT2D eigenvalue weighted by Gasteiger charge is -2.09. The molecule has 2 rings (SSSR count). The predicted molar refractivity (Wildman–Crippen MR) is 64.6 cm³/mol. The van der Waals surface area contributed by atoms with Gasteiger partial charge in [-0.3, -0.25) is 0 Å². The van der Waals surface area contributed by atoms with Crippen LogP contribution in [-0.2, 0) is 13.1 Å². The van der Waals surface area contributed by atoms with Crippen LogP contribution >= 0.6 is 0 Å². The summed E-state index contributed by atoms with van der Waals surface area (Å²) >= 11 is 0. The summed E-state index contributed by atoms with van der Waals surface area (Å²) in [6.07, 6.45) is -0.875. The Bertz CT molecular complexity index is 532. The molecule has 1 heterocycles. The van der Waals surface area contributed by atoms with Crippen LogP contribution in [0.25, 0.3) is 0 Å². The predicted octanol–water partition coefficient (Wildman–Crippen LogP) is 2.89. The molecule has 1 aromatic carbocycles. The van der Waals surface area contributed by atoms with E-state index < -0.39 is 6.36 Å². The zero-order valence-corrected chi connectivity index (χ0v) is 10.0. The van der Waals surface area contributed by atoms with Gasteiger partial charge in [-0.05, 0) is 29.3 Å². The van der Waals surface area contributed by atoms with E-state index in [1.165, 1.54) is 12.1 Å². The van der Waals surface area contributed by atoms with Gasteiger partial charge >= 0.3 is 6.36 Å². The highest BCUT2D eigenvalue weighted by molar-refractivity contribution is 5.28. The highest BCUT2D eigenvalue weighted by atomic mass is 19.4. The van der Waals surface area contributed by atoms with Gasteiger partial charge < -0.3 is 15.0 Å². The van der Waals surface area contributed by atoms with Crippen LogP contribution in [-0.4, -0.2) is 10.9 Å². The molecule has 0 aliphatic carbocycles. The fourth-order valence-electron chi connectivity index (χ4n) is 1.72. The molecule has 0 unspecified atom stereocenters. The molecule has 2 aromatic rings. The van der Waals surface area contributed by atoms with E-state index in [0.29, 0.717) is 13.1 Å². The second-order valence-electron chi connectivity index (χ2n) is 4.09. The van der Waals surface area contributed by atoms with E-state index in [0.717, 1.165) is 11.1 Å². The summed E-state index contributed by atoms with van der Waals surface area (Å²) in [5, 5.41) is 0. The zero-order valence-electron chi connectivity index (χ0n) is 10.0. The SMILES string of the molecule is NCc1ccn(Cc2ccc(OC(F)(F)F)cc2)c1. The quantitative estimate of drug-likeness (QED) is 0.928. The van der Waals surface area contributed by atoms with E-state index in [-0.39, 0.29) is 5.75 Å². The average Bonchev–Trinajstić information content (AvgIpc) is 2.77. The fourth-order valence-corrected chi connectivity index (χ4v) is 1.72. The normalized spacial score (nSPS) is 11.6. The molecule has 102 valence electrons. The number of hydrogen-bond acceptors (Lipinski definition) is 2. The molecule has 0 aliphatic heterocycles. The molecule has 3 nitrogen and oxygen atoms in total. The van der Waals surface area contributed by atoms with Crippen LogP contribution in [0.4, 0.5) is 13.2 Å². The largest absolute Gasteiger partial charge is 0.573 e. The van der Waals surface area contributed by atoms with Crippen LogP contribution in [0, 0.1) is 0 Å². The molecule has 0 spiro atoms. The van der Waals surface area contributed by atoms with E-state index in [2.05, 4.69) is 4.74 Å². The number of alkyl halides is 3. The van der Waals surface area contributed by atoms with Gasteiger partial charge in [0.2, 0.25) is 0 Å². The first-order valence-electron chi connectivity index (χ1n) is 5.66. The van der Waals surface area contributed by atoms with Crippen molar-refractivity contribution in [1.29, 1.82) is 0 Å². The maximum atomic E-state index is 12.0. The van der Waals surface area contributed by atoms with Crippen LogP contribution < -0.4 is 10.5 Å². The minimum absolute atomic E-state index is 0.216. The van der Waals surface area contributed by atoms with E-state index in [4.69, 9.17) is 5.73 Å². The highest BCUT2D eigenvalue weighted by Crippen LogP contribution is 2.22. The summed E-state index contributed by atoms with van der Waals surface area (Å²) in [5.74, 6) is -0.216. The minimum Gasteiger partial charge on any atom is -0.406 e. The van der Waals surface area contributed by atoms with Crippen LogP contribution in [0.2, 0.25) is 0 Å². The Kier molecular flexibility index (Phi) is 3.80. The van der Waals surface area contributed by atoms with Crippen LogP contribution in [0.5, 0.6) is 5.75 Å². The molecule has 0 amide bonds. The first-order valence-corrected chi connectivity index (χ1v) is 5.66. The molecule has 2 N–H and O–H groups in total. The molecule has 0 radical (unpaired) electrons. The molecule has 1 aromatic heterocycles. The molecule has 0 saturated heterocycles. The Hall–Kier alpha value is -1.95. The fraction of sp³-hybridized carbons (Fsp3) is 0.231.